The molecule has 0 saturated carbocycles. The Bertz CT molecular complexity index is 1800. The van der Waals surface area contributed by atoms with Crippen molar-refractivity contribution in [3.8, 4) is 28.7 Å². The van der Waals surface area contributed by atoms with Gasteiger partial charge in [-0.25, -0.2) is 0 Å². The van der Waals surface area contributed by atoms with Crippen LogP contribution in [0.5, 0.6) is 23.0 Å². The van der Waals surface area contributed by atoms with Gasteiger partial charge in [-0.2, -0.15) is 30.3 Å². The predicted octanol–water partition coefficient (Wildman–Crippen LogP) is 5.38. The molecule has 1 aromatic heterocycles. The monoisotopic (exact) mass is 704 g/mol. The minimum Gasteiger partial charge on any atom is -0.459 e. The molecule has 4 aromatic carbocycles. The molecule has 0 fully saturated rings. The minimum absolute atomic E-state index is 0. The first-order chi connectivity index (χ1) is 18.5. The number of aryl methyl sites for hydroxylation is 1. The molecule has 4 nitrogen and oxygen atoms in total. The molecular formula is C34H32BIrN2O2-. The molecule has 3 heterocycles. The molecule has 0 atom stereocenters. The van der Waals surface area contributed by atoms with Crippen LogP contribution in [-0.2, 0) is 38.0 Å². The Morgan fingerprint density at radius 3 is 2.02 bits per heavy atom. The maximum Gasteiger partial charge on any atom is 0.259 e. The fourth-order valence-corrected chi connectivity index (χ4v) is 5.83. The van der Waals surface area contributed by atoms with Crippen molar-refractivity contribution in [2.45, 2.75) is 52.4 Å². The van der Waals surface area contributed by atoms with Crippen LogP contribution in [0.25, 0.3) is 16.7 Å². The molecule has 1 radical (unpaired) electrons. The Hall–Kier alpha value is -3.34. The normalized spacial score (nSPS) is 13.5. The molecule has 0 bridgehead atoms. The zero-order chi connectivity index (χ0) is 27.3. The van der Waals surface area contributed by atoms with E-state index in [1.807, 2.05) is 29.8 Å². The summed E-state index contributed by atoms with van der Waals surface area (Å²) in [7, 11) is 2.03. The Kier molecular flexibility index (Phi) is 6.10. The molecule has 2 aliphatic rings. The zero-order valence-electron chi connectivity index (χ0n) is 24.0. The van der Waals surface area contributed by atoms with E-state index in [-0.39, 0.29) is 37.6 Å². The Labute approximate surface area is 250 Å². The molecule has 0 N–H and O–H groups in total. The molecule has 40 heavy (non-hydrogen) atoms. The van der Waals surface area contributed by atoms with E-state index in [2.05, 4.69) is 107 Å². The van der Waals surface area contributed by atoms with Gasteiger partial charge in [0.25, 0.3) is 6.71 Å². The summed E-state index contributed by atoms with van der Waals surface area (Å²) < 4.78 is 17.5. The van der Waals surface area contributed by atoms with E-state index >= 15 is 0 Å². The number of rotatable bonds is 1. The summed E-state index contributed by atoms with van der Waals surface area (Å²) in [6.07, 6.45) is 3.47. The molecule has 0 unspecified atom stereocenters. The summed E-state index contributed by atoms with van der Waals surface area (Å²) >= 11 is 0. The fraction of sp³-hybridized carbons (Fsp3) is 0.265. The van der Waals surface area contributed by atoms with Crippen LogP contribution in [0, 0.1) is 12.4 Å². The molecule has 0 spiro atoms. The van der Waals surface area contributed by atoms with Gasteiger partial charge in [0.05, 0.1) is 18.1 Å². The van der Waals surface area contributed by atoms with Crippen molar-refractivity contribution in [1.82, 2.24) is 4.57 Å². The van der Waals surface area contributed by atoms with Crippen LogP contribution in [0.15, 0.2) is 66.7 Å². The number of aromatic nitrogens is 2. The number of hydrogen-bond acceptors (Lipinski definition) is 2. The van der Waals surface area contributed by atoms with Crippen LogP contribution in [0.2, 0.25) is 0 Å². The van der Waals surface area contributed by atoms with Gasteiger partial charge in [0, 0.05) is 25.6 Å². The minimum atomic E-state index is -0.0453. The summed E-state index contributed by atoms with van der Waals surface area (Å²) in [4.78, 5) is 0. The van der Waals surface area contributed by atoms with Crippen LogP contribution in [-0.4, -0.2) is 11.3 Å². The molecular weight excluding hydrogens is 671 g/mol. The Balaban J connectivity index is 0.00000289. The van der Waals surface area contributed by atoms with E-state index < -0.39 is 0 Å². The van der Waals surface area contributed by atoms with Gasteiger partial charge in [0.2, 0.25) is 6.33 Å². The molecule has 2 aliphatic heterocycles. The average molecular weight is 704 g/mol. The maximum absolute atomic E-state index is 6.71. The van der Waals surface area contributed by atoms with E-state index in [0.717, 1.165) is 50.6 Å². The smallest absolute Gasteiger partial charge is 0.259 e. The SMILES string of the molecule is C[n+]1[c-]n(-c2[c-]cccc2)c2cc3c(cc21)Oc1cc(C(C)(C)C)cc2c1B3c1ccc(C(C)(C)C)cc1O2.[Ir]. The first-order valence-electron chi connectivity index (χ1n) is 13.6. The Morgan fingerprint density at radius 1 is 0.750 bits per heavy atom. The quantitative estimate of drug-likeness (QED) is 0.131. The van der Waals surface area contributed by atoms with Crippen LogP contribution in [0.4, 0.5) is 0 Å². The van der Waals surface area contributed by atoms with Gasteiger partial charge in [-0.05, 0) is 57.1 Å². The number of hydrogen-bond donors (Lipinski definition) is 0. The van der Waals surface area contributed by atoms with Crippen molar-refractivity contribution >= 4 is 34.1 Å². The largest absolute Gasteiger partial charge is 0.459 e. The number of benzene rings is 4. The van der Waals surface area contributed by atoms with Gasteiger partial charge in [-0.1, -0.05) is 65.4 Å². The van der Waals surface area contributed by atoms with E-state index in [0.29, 0.717) is 0 Å². The molecule has 203 valence electrons. The van der Waals surface area contributed by atoms with Crippen LogP contribution in [0.1, 0.15) is 52.7 Å². The standard InChI is InChI=1S/C34H32BN2O2.Ir/c1-33(2,3)21-13-14-24-28(15-21)38-30-16-22(34(4,5)6)17-31-32(30)35(24)25-18-27-26(19-29(25)39-31)36(7)20-37(27)23-11-9-8-10-12-23;/h8-11,13-19H,1-7H3;/q-1;. The van der Waals surface area contributed by atoms with Crippen molar-refractivity contribution in [3.05, 3.63) is 90.3 Å². The van der Waals surface area contributed by atoms with E-state index in [4.69, 9.17) is 9.47 Å². The summed E-state index contributed by atoms with van der Waals surface area (Å²) in [5, 5.41) is 0. The van der Waals surface area contributed by atoms with Crippen molar-refractivity contribution in [1.29, 1.82) is 0 Å². The Morgan fingerprint density at radius 2 is 1.40 bits per heavy atom. The molecule has 5 aromatic rings. The van der Waals surface area contributed by atoms with Crippen molar-refractivity contribution in [2.75, 3.05) is 0 Å². The third-order valence-corrected chi connectivity index (χ3v) is 8.09. The van der Waals surface area contributed by atoms with Gasteiger partial charge >= 0.3 is 0 Å². The van der Waals surface area contributed by atoms with Gasteiger partial charge < -0.3 is 18.6 Å². The van der Waals surface area contributed by atoms with Gasteiger partial charge in [0.1, 0.15) is 23.0 Å². The molecule has 0 aliphatic carbocycles. The number of ether oxygens (including phenoxy) is 2. The van der Waals surface area contributed by atoms with Gasteiger partial charge in [0.15, 0.2) is 0 Å². The van der Waals surface area contributed by atoms with E-state index in [1.54, 1.807) is 0 Å². The summed E-state index contributed by atoms with van der Waals surface area (Å²) in [5.41, 5.74) is 8.91. The number of nitrogens with zero attached hydrogens (tertiary/aromatic N) is 2. The van der Waals surface area contributed by atoms with Crippen molar-refractivity contribution in [3.63, 3.8) is 0 Å². The number of imidazole rings is 1. The van der Waals surface area contributed by atoms with Crippen LogP contribution >= 0.6 is 0 Å². The summed E-state index contributed by atoms with van der Waals surface area (Å²) in [5.74, 6) is 3.57. The van der Waals surface area contributed by atoms with Crippen molar-refractivity contribution in [2.24, 2.45) is 7.05 Å². The van der Waals surface area contributed by atoms with Gasteiger partial charge in [-0.3, -0.25) is 0 Å². The van der Waals surface area contributed by atoms with Crippen LogP contribution in [0.3, 0.4) is 0 Å². The molecule has 0 amide bonds. The summed E-state index contributed by atoms with van der Waals surface area (Å²) in [6.45, 7) is 13.4. The third kappa shape index (κ3) is 4.12. The molecule has 6 heteroatoms. The van der Waals surface area contributed by atoms with Gasteiger partial charge in [-0.15, -0.1) is 0 Å². The second-order valence-electron chi connectivity index (χ2n) is 12.9. The number of para-hydroxylation sites is 1. The van der Waals surface area contributed by atoms with Crippen LogP contribution < -0.4 is 30.4 Å². The zero-order valence-corrected chi connectivity index (χ0v) is 26.4. The second-order valence-corrected chi connectivity index (χ2v) is 12.9. The molecule has 7 rings (SSSR count). The second kappa shape index (κ2) is 9.09. The number of fused-ring (bicyclic) bond motifs is 5. The van der Waals surface area contributed by atoms with Crippen molar-refractivity contribution < 1.29 is 34.1 Å². The first kappa shape index (κ1) is 26.9. The van der Waals surface area contributed by atoms with E-state index in [1.165, 1.54) is 16.6 Å². The molecule has 0 saturated heterocycles. The topological polar surface area (TPSA) is 27.3 Å². The maximum atomic E-state index is 6.71. The average Bonchev–Trinajstić information content (AvgIpc) is 3.21. The fourth-order valence-electron chi connectivity index (χ4n) is 5.83. The summed E-state index contributed by atoms with van der Waals surface area (Å²) in [6, 6.07) is 26.9. The predicted molar refractivity (Wildman–Crippen MR) is 157 cm³/mol. The first-order valence-corrected chi connectivity index (χ1v) is 13.6. The van der Waals surface area contributed by atoms with E-state index in [9.17, 15) is 0 Å². The third-order valence-electron chi connectivity index (χ3n) is 8.09.